The minimum absolute atomic E-state index is 0.0679. The van der Waals surface area contributed by atoms with E-state index in [1.807, 2.05) is 0 Å². The maximum atomic E-state index is 12.1. The number of ether oxygens (including phenoxy) is 2. The van der Waals surface area contributed by atoms with Gasteiger partial charge in [-0.25, -0.2) is 19.7 Å². The number of nitrogen functional groups attached to an aromatic ring is 1. The van der Waals surface area contributed by atoms with Crippen LogP contribution in [0.1, 0.15) is 31.1 Å². The molecule has 2 aliphatic heterocycles. The van der Waals surface area contributed by atoms with E-state index in [9.17, 15) is 24.7 Å². The molecule has 38 heavy (non-hydrogen) atoms. The van der Waals surface area contributed by atoms with Crippen LogP contribution in [-0.4, -0.2) is 86.8 Å². The average molecular weight is 572 g/mol. The van der Waals surface area contributed by atoms with E-state index in [2.05, 4.69) is 33.4 Å². The first kappa shape index (κ1) is 27.0. The Bertz CT molecular complexity index is 1490. The Balaban J connectivity index is 1.22. The number of H-pyrrole nitrogens is 1. The van der Waals surface area contributed by atoms with Crippen molar-refractivity contribution >= 4 is 32.9 Å². The van der Waals surface area contributed by atoms with Crippen molar-refractivity contribution in [2.24, 2.45) is 0 Å². The third kappa shape index (κ3) is 5.43. The van der Waals surface area contributed by atoms with Gasteiger partial charge in [0.25, 0.3) is 12.8 Å². The maximum absolute atomic E-state index is 12.1. The Morgan fingerprint density at radius 3 is 2.63 bits per heavy atom. The van der Waals surface area contributed by atoms with Gasteiger partial charge in [0.05, 0.1) is 31.7 Å². The van der Waals surface area contributed by atoms with Crippen molar-refractivity contribution in [2.45, 2.75) is 56.6 Å². The van der Waals surface area contributed by atoms with Crippen LogP contribution in [0.5, 0.6) is 0 Å². The van der Waals surface area contributed by atoms with Crippen LogP contribution in [0.3, 0.4) is 0 Å². The molecule has 7 atom stereocenters. The zero-order chi connectivity index (χ0) is 27.2. The van der Waals surface area contributed by atoms with Crippen LogP contribution in [0.4, 0.5) is 5.95 Å². The average Bonchev–Trinajstić information content (AvgIpc) is 3.54. The molecule has 0 aliphatic carbocycles. The van der Waals surface area contributed by atoms with Crippen LogP contribution < -0.4 is 17.0 Å². The summed E-state index contributed by atoms with van der Waals surface area (Å²) in [4.78, 5) is 53.3. The number of hydrogen-bond donors (Lipinski definition) is 5. The Labute approximate surface area is 215 Å². The van der Waals surface area contributed by atoms with Crippen molar-refractivity contribution in [3.63, 3.8) is 0 Å². The van der Waals surface area contributed by atoms with Gasteiger partial charge in [-0.1, -0.05) is 0 Å². The summed E-state index contributed by atoms with van der Waals surface area (Å²) in [5.74, 6) is 0.214. The largest absolute Gasteiger partial charge is 0.394 e. The molecule has 2 aliphatic rings. The molecule has 6 N–H and O–H groups in total. The number of aromatic amines is 1. The molecule has 0 radical (unpaired) electrons. The highest BCUT2D eigenvalue weighted by molar-refractivity contribution is 7.88. The molecule has 19 heteroatoms. The zero-order valence-corrected chi connectivity index (χ0v) is 21.8. The van der Waals surface area contributed by atoms with Crippen molar-refractivity contribution in [3.05, 3.63) is 39.3 Å². The molecule has 0 aromatic carbocycles. The number of imidazole rings is 1. The number of aliphatic hydroxyl groups is 2. The van der Waals surface area contributed by atoms with Crippen LogP contribution in [0.2, 0.25) is 0 Å². The van der Waals surface area contributed by atoms with E-state index in [0.29, 0.717) is 11.5 Å². The van der Waals surface area contributed by atoms with Gasteiger partial charge in [0.1, 0.15) is 36.8 Å². The summed E-state index contributed by atoms with van der Waals surface area (Å²) >= 11 is 0. The Hall–Kier alpha value is -2.59. The van der Waals surface area contributed by atoms with E-state index in [-0.39, 0.29) is 36.5 Å². The predicted octanol–water partition coefficient (Wildman–Crippen LogP) is -1.20. The standard InChI is InChI=1S/C19H26N8O9P2/c1-8-23-16-15(17(30)24-8)21-6-26(16)13-2-9(29)12(35-13)5-33-38(32,37)36-10-3-14(34-11(10)4-28)27-7-22-18(20)25-19(27)31/h6-7,9-14,28-29,32,37H,2-5H2,1H3,(H2,20,25,31)(H,23,24,30)/t9?,10?,11-,12-,13-,14-,38?/m1/s1. The van der Waals surface area contributed by atoms with Crippen molar-refractivity contribution in [1.82, 2.24) is 34.1 Å². The molecule has 3 aromatic rings. The summed E-state index contributed by atoms with van der Waals surface area (Å²) in [5, 5.41) is 20.3. The summed E-state index contributed by atoms with van der Waals surface area (Å²) in [6.45, 7) is 0.927. The van der Waals surface area contributed by atoms with Gasteiger partial charge in [0, 0.05) is 12.8 Å². The smallest absolute Gasteiger partial charge is 0.354 e. The lowest BCUT2D eigenvalue weighted by molar-refractivity contribution is -0.0521. The maximum Gasteiger partial charge on any atom is 0.354 e. The highest BCUT2D eigenvalue weighted by Gasteiger charge is 2.41. The summed E-state index contributed by atoms with van der Waals surface area (Å²) in [6, 6.07) is 0. The molecule has 0 saturated carbocycles. The van der Waals surface area contributed by atoms with Gasteiger partial charge in [0.2, 0.25) is 5.95 Å². The fraction of sp³-hybridized carbons (Fsp3) is 0.579. The number of fused-ring (bicyclic) bond motifs is 1. The second kappa shape index (κ2) is 10.5. The second-order valence-electron chi connectivity index (χ2n) is 8.82. The zero-order valence-electron chi connectivity index (χ0n) is 19.9. The lowest BCUT2D eigenvalue weighted by Gasteiger charge is -2.25. The summed E-state index contributed by atoms with van der Waals surface area (Å²) in [5.41, 5.74) is 4.80. The number of aryl methyl sites for hydroxylation is 1. The van der Waals surface area contributed by atoms with E-state index >= 15 is 0 Å². The van der Waals surface area contributed by atoms with Gasteiger partial charge < -0.3 is 44.3 Å². The highest BCUT2D eigenvalue weighted by atomic mass is 31.8. The molecule has 0 amide bonds. The van der Waals surface area contributed by atoms with E-state index in [4.69, 9.17) is 24.3 Å². The van der Waals surface area contributed by atoms with Crippen molar-refractivity contribution in [1.29, 1.82) is 0 Å². The van der Waals surface area contributed by atoms with E-state index in [0.717, 1.165) is 4.57 Å². The Morgan fingerprint density at radius 2 is 1.89 bits per heavy atom. The molecule has 2 saturated heterocycles. The normalized spacial score (nSPS) is 29.2. The fourth-order valence-electron chi connectivity index (χ4n) is 4.37. The minimum atomic E-state index is -3.68. The van der Waals surface area contributed by atoms with Gasteiger partial charge in [-0.15, -0.1) is 0 Å². The van der Waals surface area contributed by atoms with Crippen LogP contribution in [0.15, 0.2) is 22.2 Å². The first-order chi connectivity index (χ1) is 18.0. The third-order valence-electron chi connectivity index (χ3n) is 6.17. The molecule has 5 rings (SSSR count). The predicted molar refractivity (Wildman–Crippen MR) is 132 cm³/mol. The van der Waals surface area contributed by atoms with Gasteiger partial charge in [-0.05, 0) is 15.5 Å². The third-order valence-corrected chi connectivity index (χ3v) is 7.93. The van der Waals surface area contributed by atoms with Crippen LogP contribution >= 0.6 is 15.8 Å². The van der Waals surface area contributed by atoms with Gasteiger partial charge >= 0.3 is 5.69 Å². The summed E-state index contributed by atoms with van der Waals surface area (Å²) in [7, 11) is -0.567. The summed E-state index contributed by atoms with van der Waals surface area (Å²) in [6.07, 6.45) is -2.30. The van der Waals surface area contributed by atoms with E-state index in [1.54, 1.807) is 11.5 Å². The lowest BCUT2D eigenvalue weighted by Crippen LogP contribution is -2.29. The molecule has 206 valence electrons. The quantitative estimate of drug-likeness (QED) is 0.200. The Morgan fingerprint density at radius 1 is 1.18 bits per heavy atom. The van der Waals surface area contributed by atoms with Gasteiger partial charge in [-0.2, -0.15) is 4.98 Å². The SMILES string of the molecule is Cc1nc2c(ncn2[C@H]2CC(O)[C@@H](COP(O)(=P)OC3C[C@H](n4cnc(N)nc4=O)O[C@@H]3CO)O2)c(=O)[nH]1. The molecule has 17 nitrogen and oxygen atoms in total. The fourth-order valence-corrected chi connectivity index (χ4v) is 6.00. The molecule has 0 bridgehead atoms. The number of nitrogens with zero attached hydrogens (tertiary/aromatic N) is 6. The topological polar surface area (TPSA) is 235 Å². The van der Waals surface area contributed by atoms with E-state index < -0.39 is 56.4 Å². The van der Waals surface area contributed by atoms with Gasteiger partial charge in [0.15, 0.2) is 11.2 Å². The second-order valence-corrected chi connectivity index (χ2v) is 12.0. The first-order valence-electron chi connectivity index (χ1n) is 11.5. The lowest BCUT2D eigenvalue weighted by atomic mass is 10.2. The molecule has 3 unspecified atom stereocenters. The van der Waals surface area contributed by atoms with Crippen LogP contribution in [0, 0.1) is 6.92 Å². The number of aromatic nitrogens is 7. The van der Waals surface area contributed by atoms with Gasteiger partial charge in [-0.3, -0.25) is 13.9 Å². The molecular formula is C19H26N8O9P2. The highest BCUT2D eigenvalue weighted by Crippen LogP contribution is 2.53. The molecule has 5 heterocycles. The van der Waals surface area contributed by atoms with Crippen LogP contribution in [0.25, 0.3) is 11.2 Å². The number of aliphatic hydroxyl groups excluding tert-OH is 2. The molecule has 0 spiro atoms. The number of nitrogens with two attached hydrogens (primary N) is 1. The minimum Gasteiger partial charge on any atom is -0.394 e. The van der Waals surface area contributed by atoms with Crippen molar-refractivity contribution in [3.8, 4) is 0 Å². The number of nitrogens with one attached hydrogen (secondary N) is 1. The van der Waals surface area contributed by atoms with Crippen molar-refractivity contribution < 1.29 is 33.6 Å². The van der Waals surface area contributed by atoms with Crippen molar-refractivity contribution in [2.75, 3.05) is 18.9 Å². The monoisotopic (exact) mass is 572 g/mol. The number of hydrogen-bond acceptors (Lipinski definition) is 13. The number of rotatable bonds is 8. The molecular weight excluding hydrogens is 546 g/mol. The first-order valence-corrected chi connectivity index (χ1v) is 14.4. The summed E-state index contributed by atoms with van der Waals surface area (Å²) < 4.78 is 25.5. The molecule has 2 fully saturated rings. The van der Waals surface area contributed by atoms with Crippen LogP contribution in [-0.2, 0) is 18.5 Å². The number of anilines is 1. The molecule has 3 aromatic heterocycles. The Kier molecular flexibility index (Phi) is 7.48. The van der Waals surface area contributed by atoms with E-state index in [1.165, 1.54) is 12.7 Å².